The number of imide groups is 1. The molecule has 21 heavy (non-hydrogen) atoms. The van der Waals surface area contributed by atoms with Crippen molar-refractivity contribution < 1.29 is 9.59 Å². The van der Waals surface area contributed by atoms with E-state index in [1.54, 1.807) is 6.20 Å². The van der Waals surface area contributed by atoms with E-state index in [1.807, 2.05) is 48.1 Å². The Bertz CT molecular complexity index is 681. The van der Waals surface area contributed by atoms with Crippen molar-refractivity contribution in [3.8, 4) is 5.69 Å². The lowest BCUT2D eigenvalue weighted by molar-refractivity contribution is -0.117. The largest absolute Gasteiger partial charge is 0.351 e. The molecular formula is C14H16N4O2S. The summed E-state index contributed by atoms with van der Waals surface area (Å²) in [5.41, 5.74) is 8.25. The van der Waals surface area contributed by atoms with Crippen molar-refractivity contribution in [3.63, 3.8) is 0 Å². The molecule has 0 unspecified atom stereocenters. The van der Waals surface area contributed by atoms with Crippen LogP contribution in [0.5, 0.6) is 0 Å². The minimum atomic E-state index is -0.849. The monoisotopic (exact) mass is 304 g/mol. The summed E-state index contributed by atoms with van der Waals surface area (Å²) in [6, 6.07) is 5.17. The Morgan fingerprint density at radius 3 is 2.86 bits per heavy atom. The van der Waals surface area contributed by atoms with Gasteiger partial charge in [0, 0.05) is 12.4 Å². The molecule has 1 heterocycles. The number of hydrogen-bond acceptors (Lipinski definition) is 4. The Labute approximate surface area is 126 Å². The van der Waals surface area contributed by atoms with Crippen LogP contribution in [0.4, 0.5) is 4.79 Å². The number of benzene rings is 1. The van der Waals surface area contributed by atoms with Gasteiger partial charge in [-0.1, -0.05) is 23.9 Å². The molecule has 1 aromatic carbocycles. The van der Waals surface area contributed by atoms with Crippen molar-refractivity contribution in [3.05, 3.63) is 41.7 Å². The fraction of sp³-hybridized carbons (Fsp3) is 0.214. The summed E-state index contributed by atoms with van der Waals surface area (Å²) in [6.07, 6.45) is 3.52. The summed E-state index contributed by atoms with van der Waals surface area (Å²) in [6.45, 7) is 4.09. The molecule has 110 valence electrons. The third-order valence-electron chi connectivity index (χ3n) is 3.04. The smallest absolute Gasteiger partial charge is 0.318 e. The average Bonchev–Trinajstić information content (AvgIpc) is 2.87. The number of nitrogens with zero attached hydrogens (tertiary/aromatic N) is 2. The molecule has 0 radical (unpaired) electrons. The fourth-order valence-electron chi connectivity index (χ4n) is 1.88. The van der Waals surface area contributed by atoms with E-state index in [-0.39, 0.29) is 5.75 Å². The summed E-state index contributed by atoms with van der Waals surface area (Å²) in [5, 5.41) is 2.71. The summed E-state index contributed by atoms with van der Waals surface area (Å²) < 4.78 is 1.92. The summed E-state index contributed by atoms with van der Waals surface area (Å²) in [7, 11) is 0. The van der Waals surface area contributed by atoms with Crippen LogP contribution in [0.2, 0.25) is 0 Å². The minimum absolute atomic E-state index is 0.0742. The summed E-state index contributed by atoms with van der Waals surface area (Å²) in [4.78, 5) is 26.3. The highest BCUT2D eigenvalue weighted by Crippen LogP contribution is 2.24. The highest BCUT2D eigenvalue weighted by Gasteiger charge is 2.11. The Kier molecular flexibility index (Phi) is 4.64. The van der Waals surface area contributed by atoms with Crippen LogP contribution < -0.4 is 11.1 Å². The van der Waals surface area contributed by atoms with Gasteiger partial charge in [0.25, 0.3) is 0 Å². The van der Waals surface area contributed by atoms with E-state index in [1.165, 1.54) is 17.3 Å². The van der Waals surface area contributed by atoms with Gasteiger partial charge in [-0.2, -0.15) is 0 Å². The number of carbonyl (C=O) groups is 2. The van der Waals surface area contributed by atoms with Gasteiger partial charge in [-0.15, -0.1) is 0 Å². The Morgan fingerprint density at radius 2 is 2.14 bits per heavy atom. The number of imidazole rings is 1. The number of aryl methyl sites for hydroxylation is 1. The van der Waals surface area contributed by atoms with Crippen LogP contribution in [0.3, 0.4) is 0 Å². The van der Waals surface area contributed by atoms with Crippen molar-refractivity contribution >= 4 is 23.7 Å². The van der Waals surface area contributed by atoms with Gasteiger partial charge >= 0.3 is 6.03 Å². The molecule has 3 N–H and O–H groups in total. The van der Waals surface area contributed by atoms with Crippen molar-refractivity contribution in [2.24, 2.45) is 5.73 Å². The number of primary amides is 1. The average molecular weight is 304 g/mol. The molecule has 3 amide bonds. The van der Waals surface area contributed by atoms with E-state index < -0.39 is 11.9 Å². The quantitative estimate of drug-likeness (QED) is 0.842. The lowest BCUT2D eigenvalue weighted by Crippen LogP contribution is -2.36. The van der Waals surface area contributed by atoms with Crippen molar-refractivity contribution in [2.45, 2.75) is 19.0 Å². The van der Waals surface area contributed by atoms with Gasteiger partial charge in [0.1, 0.15) is 0 Å². The molecule has 0 atom stereocenters. The zero-order valence-electron chi connectivity index (χ0n) is 11.8. The first-order valence-electron chi connectivity index (χ1n) is 6.31. The Hall–Kier alpha value is -2.28. The lowest BCUT2D eigenvalue weighted by Gasteiger charge is -2.12. The topological polar surface area (TPSA) is 90.0 Å². The normalized spacial score (nSPS) is 10.4. The number of nitrogens with one attached hydrogen (secondary N) is 1. The van der Waals surface area contributed by atoms with E-state index in [0.717, 1.165) is 11.3 Å². The molecule has 2 aromatic rings. The van der Waals surface area contributed by atoms with Crippen molar-refractivity contribution in [1.82, 2.24) is 14.9 Å². The molecule has 0 aliphatic heterocycles. The van der Waals surface area contributed by atoms with E-state index in [0.29, 0.717) is 5.16 Å². The number of nitrogens with two attached hydrogens (primary N) is 1. The van der Waals surface area contributed by atoms with Crippen LogP contribution >= 0.6 is 11.8 Å². The van der Waals surface area contributed by atoms with Crippen molar-refractivity contribution in [1.29, 1.82) is 0 Å². The van der Waals surface area contributed by atoms with Crippen LogP contribution in [0.1, 0.15) is 11.1 Å². The fourth-order valence-corrected chi connectivity index (χ4v) is 2.65. The molecule has 0 aliphatic carbocycles. The second-order valence-corrected chi connectivity index (χ2v) is 5.44. The number of thioether (sulfide) groups is 1. The summed E-state index contributed by atoms with van der Waals surface area (Å²) >= 11 is 1.25. The van der Waals surface area contributed by atoms with Crippen LogP contribution in [-0.4, -0.2) is 27.2 Å². The number of rotatable bonds is 4. The van der Waals surface area contributed by atoms with E-state index in [9.17, 15) is 9.59 Å². The maximum absolute atomic E-state index is 11.4. The highest BCUT2D eigenvalue weighted by molar-refractivity contribution is 7.99. The third-order valence-corrected chi connectivity index (χ3v) is 4.00. The predicted molar refractivity (Wildman–Crippen MR) is 81.5 cm³/mol. The van der Waals surface area contributed by atoms with Gasteiger partial charge in [0.15, 0.2) is 5.16 Å². The second kappa shape index (κ2) is 6.45. The first-order chi connectivity index (χ1) is 9.99. The molecule has 0 saturated heterocycles. The van der Waals surface area contributed by atoms with Gasteiger partial charge in [0.05, 0.1) is 11.4 Å². The van der Waals surface area contributed by atoms with Crippen LogP contribution in [0.25, 0.3) is 5.69 Å². The molecule has 0 saturated carbocycles. The number of urea groups is 1. The second-order valence-electron chi connectivity index (χ2n) is 4.50. The molecule has 0 spiro atoms. The highest BCUT2D eigenvalue weighted by atomic mass is 32.2. The summed E-state index contributed by atoms with van der Waals surface area (Å²) in [5.74, 6) is -0.367. The minimum Gasteiger partial charge on any atom is -0.351 e. The molecule has 2 rings (SSSR count). The maximum Gasteiger partial charge on any atom is 0.318 e. The zero-order valence-corrected chi connectivity index (χ0v) is 12.6. The van der Waals surface area contributed by atoms with Crippen LogP contribution in [0.15, 0.2) is 35.7 Å². The number of aromatic nitrogens is 2. The van der Waals surface area contributed by atoms with Gasteiger partial charge in [-0.05, 0) is 31.0 Å². The molecule has 0 fully saturated rings. The maximum atomic E-state index is 11.4. The molecular weight excluding hydrogens is 288 g/mol. The van der Waals surface area contributed by atoms with Crippen molar-refractivity contribution in [2.75, 3.05) is 5.75 Å². The van der Waals surface area contributed by atoms with Crippen LogP contribution in [-0.2, 0) is 4.79 Å². The Morgan fingerprint density at radius 1 is 1.38 bits per heavy atom. The molecule has 0 aliphatic rings. The van der Waals surface area contributed by atoms with Gasteiger partial charge in [-0.25, -0.2) is 9.78 Å². The SMILES string of the molecule is Cc1cccc(-n2ccnc2SCC(=O)NC(N)=O)c1C. The first kappa shape index (κ1) is 15.1. The van der Waals surface area contributed by atoms with E-state index in [4.69, 9.17) is 5.73 Å². The first-order valence-corrected chi connectivity index (χ1v) is 7.29. The predicted octanol–water partition coefficient (Wildman–Crippen LogP) is 1.78. The van der Waals surface area contributed by atoms with Gasteiger partial charge < -0.3 is 5.73 Å². The number of carbonyl (C=O) groups excluding carboxylic acids is 2. The molecule has 6 nitrogen and oxygen atoms in total. The lowest BCUT2D eigenvalue weighted by atomic mass is 10.1. The molecule has 0 bridgehead atoms. The molecule has 1 aromatic heterocycles. The van der Waals surface area contributed by atoms with E-state index in [2.05, 4.69) is 4.98 Å². The third kappa shape index (κ3) is 3.63. The van der Waals surface area contributed by atoms with Gasteiger partial charge in [0.2, 0.25) is 5.91 Å². The van der Waals surface area contributed by atoms with Crippen LogP contribution in [0, 0.1) is 13.8 Å². The number of amides is 3. The molecule has 7 heteroatoms. The Balaban J connectivity index is 2.17. The van der Waals surface area contributed by atoms with E-state index >= 15 is 0 Å². The zero-order chi connectivity index (χ0) is 15.4. The standard InChI is InChI=1S/C14H16N4O2S/c1-9-4-3-5-11(10(9)2)18-7-6-16-14(18)21-8-12(19)17-13(15)20/h3-7H,8H2,1-2H3,(H3,15,17,19,20). The van der Waals surface area contributed by atoms with Gasteiger partial charge in [-0.3, -0.25) is 14.7 Å². The number of hydrogen-bond donors (Lipinski definition) is 2.